The molecule has 0 saturated heterocycles. The fourth-order valence-corrected chi connectivity index (χ4v) is 3.43. The number of ether oxygens (including phenoxy) is 1. The number of esters is 1. The van der Waals surface area contributed by atoms with Gasteiger partial charge in [0.2, 0.25) is 5.91 Å². The highest BCUT2D eigenvalue weighted by atomic mass is 35.5. The van der Waals surface area contributed by atoms with Crippen molar-refractivity contribution in [2.45, 2.75) is 25.4 Å². The second-order valence-corrected chi connectivity index (χ2v) is 5.68. The fourth-order valence-electron chi connectivity index (χ4n) is 3.29. The van der Waals surface area contributed by atoms with Crippen molar-refractivity contribution in [3.05, 3.63) is 35.5 Å². The Kier molecular flexibility index (Phi) is 3.83. The molecule has 0 unspecified atom stereocenters. The highest BCUT2D eigenvalue weighted by Crippen LogP contribution is 2.37. The summed E-state index contributed by atoms with van der Waals surface area (Å²) >= 11 is 5.72. The lowest BCUT2D eigenvalue weighted by molar-refractivity contribution is -0.154. The number of hydrogen-bond acceptors (Lipinski definition) is 3. The maximum atomic E-state index is 12.2. The van der Waals surface area contributed by atoms with E-state index in [1.807, 2.05) is 31.2 Å². The number of nitrogens with one attached hydrogen (secondary N) is 1. The largest absolute Gasteiger partial charge is 0.467 e. The molecule has 0 bridgehead atoms. The zero-order chi connectivity index (χ0) is 15.9. The highest BCUT2D eigenvalue weighted by Gasteiger charge is 2.40. The van der Waals surface area contributed by atoms with Gasteiger partial charge in [0.1, 0.15) is 11.9 Å². The predicted octanol–water partition coefficient (Wildman–Crippen LogP) is 2.39. The number of para-hydroxylation sites is 1. The van der Waals surface area contributed by atoms with Gasteiger partial charge in [-0.15, -0.1) is 11.6 Å². The number of hydrogen-bond donors (Lipinski definition) is 1. The number of aromatic amines is 1. The third-order valence-electron chi connectivity index (χ3n) is 4.29. The maximum Gasteiger partial charge on any atom is 0.328 e. The first-order valence-electron chi connectivity index (χ1n) is 7.13. The summed E-state index contributed by atoms with van der Waals surface area (Å²) in [6.07, 6.45) is 0.430. The van der Waals surface area contributed by atoms with Crippen LogP contribution in [0.25, 0.3) is 10.9 Å². The molecule has 1 N–H and O–H groups in total. The molecule has 1 aliphatic heterocycles. The molecule has 0 spiro atoms. The SMILES string of the molecule is COC(=O)[C@@H]1Cc2c([nH]c3ccccc23)[C@@H](C)N1C(=O)CCl. The summed E-state index contributed by atoms with van der Waals surface area (Å²) < 4.78 is 4.88. The molecule has 0 saturated carbocycles. The summed E-state index contributed by atoms with van der Waals surface area (Å²) in [5, 5.41) is 1.08. The number of rotatable bonds is 2. The van der Waals surface area contributed by atoms with E-state index in [2.05, 4.69) is 4.98 Å². The van der Waals surface area contributed by atoms with Crippen LogP contribution in [0.1, 0.15) is 24.2 Å². The van der Waals surface area contributed by atoms with Gasteiger partial charge in [0.05, 0.1) is 13.2 Å². The van der Waals surface area contributed by atoms with Gasteiger partial charge in [-0.2, -0.15) is 0 Å². The smallest absolute Gasteiger partial charge is 0.328 e. The molecular formula is C16H17ClN2O3. The van der Waals surface area contributed by atoms with Crippen LogP contribution in [0.3, 0.4) is 0 Å². The lowest BCUT2D eigenvalue weighted by atomic mass is 9.92. The number of aromatic nitrogens is 1. The van der Waals surface area contributed by atoms with E-state index >= 15 is 0 Å². The zero-order valence-corrected chi connectivity index (χ0v) is 13.2. The van der Waals surface area contributed by atoms with Crippen LogP contribution in [0, 0.1) is 0 Å². The second-order valence-electron chi connectivity index (χ2n) is 5.42. The maximum absolute atomic E-state index is 12.2. The number of benzene rings is 1. The lowest BCUT2D eigenvalue weighted by Gasteiger charge is -2.38. The summed E-state index contributed by atoms with van der Waals surface area (Å²) in [5.41, 5.74) is 3.03. The normalized spacial score (nSPS) is 20.8. The molecule has 1 amide bonds. The lowest BCUT2D eigenvalue weighted by Crippen LogP contribution is -2.51. The standard InChI is InChI=1S/C16H17ClN2O3/c1-9-15-11(10-5-3-4-6-12(10)18-15)7-13(16(21)22-2)19(9)14(20)8-17/h3-6,9,13,18H,7-8H2,1-2H3/t9-,13+/m1/s1. The van der Waals surface area contributed by atoms with E-state index in [4.69, 9.17) is 16.3 Å². The zero-order valence-electron chi connectivity index (χ0n) is 12.4. The minimum absolute atomic E-state index is 0.159. The first-order chi connectivity index (χ1) is 10.6. The van der Waals surface area contributed by atoms with Crippen molar-refractivity contribution in [1.29, 1.82) is 0 Å². The van der Waals surface area contributed by atoms with Crippen LogP contribution in [0.2, 0.25) is 0 Å². The van der Waals surface area contributed by atoms with Crippen LogP contribution in [-0.2, 0) is 20.7 Å². The highest BCUT2D eigenvalue weighted by molar-refractivity contribution is 6.27. The predicted molar refractivity (Wildman–Crippen MR) is 83.8 cm³/mol. The second kappa shape index (κ2) is 5.65. The van der Waals surface area contributed by atoms with E-state index in [1.54, 1.807) is 0 Å². The molecule has 3 rings (SSSR count). The minimum Gasteiger partial charge on any atom is -0.467 e. The number of carbonyl (C=O) groups excluding carboxylic acids is 2. The van der Waals surface area contributed by atoms with Crippen molar-refractivity contribution in [3.63, 3.8) is 0 Å². The van der Waals surface area contributed by atoms with Crippen molar-refractivity contribution in [1.82, 2.24) is 9.88 Å². The Bertz CT molecular complexity index is 740. The van der Waals surface area contributed by atoms with Crippen LogP contribution in [0.15, 0.2) is 24.3 Å². The average Bonchev–Trinajstić information content (AvgIpc) is 2.92. The van der Waals surface area contributed by atoms with E-state index in [1.165, 1.54) is 12.0 Å². The molecule has 0 radical (unpaired) electrons. The summed E-state index contributed by atoms with van der Waals surface area (Å²) in [4.78, 5) is 29.2. The van der Waals surface area contributed by atoms with Gasteiger partial charge in [-0.3, -0.25) is 4.79 Å². The topological polar surface area (TPSA) is 62.4 Å². The van der Waals surface area contributed by atoms with Gasteiger partial charge in [-0.1, -0.05) is 18.2 Å². The molecule has 116 valence electrons. The van der Waals surface area contributed by atoms with Crippen molar-refractivity contribution in [3.8, 4) is 0 Å². The first kappa shape index (κ1) is 14.9. The van der Waals surface area contributed by atoms with Crippen molar-refractivity contribution in [2.24, 2.45) is 0 Å². The minimum atomic E-state index is -0.641. The number of nitrogens with zero attached hydrogens (tertiary/aromatic N) is 1. The number of carbonyl (C=O) groups is 2. The number of H-pyrrole nitrogens is 1. The summed E-state index contributed by atoms with van der Waals surface area (Å²) in [6.45, 7) is 1.90. The van der Waals surface area contributed by atoms with Gasteiger partial charge < -0.3 is 14.6 Å². The van der Waals surface area contributed by atoms with E-state index in [9.17, 15) is 9.59 Å². The Balaban J connectivity index is 2.14. The number of halogens is 1. The van der Waals surface area contributed by atoms with Gasteiger partial charge in [-0.25, -0.2) is 4.79 Å². The van der Waals surface area contributed by atoms with E-state index in [-0.39, 0.29) is 17.8 Å². The Morgan fingerprint density at radius 3 is 2.82 bits per heavy atom. The van der Waals surface area contributed by atoms with Crippen LogP contribution in [0.5, 0.6) is 0 Å². The fraction of sp³-hybridized carbons (Fsp3) is 0.375. The van der Waals surface area contributed by atoms with Gasteiger partial charge in [0, 0.05) is 23.0 Å². The van der Waals surface area contributed by atoms with Crippen LogP contribution >= 0.6 is 11.6 Å². The molecule has 2 heterocycles. The molecule has 1 aliphatic rings. The van der Waals surface area contributed by atoms with Crippen LogP contribution < -0.4 is 0 Å². The summed E-state index contributed by atoms with van der Waals surface area (Å²) in [6, 6.07) is 7.02. The van der Waals surface area contributed by atoms with Crippen molar-refractivity contribution >= 4 is 34.4 Å². The Labute approximate surface area is 133 Å². The van der Waals surface area contributed by atoms with E-state index in [0.29, 0.717) is 6.42 Å². The summed E-state index contributed by atoms with van der Waals surface area (Å²) in [7, 11) is 1.33. The molecule has 5 nitrogen and oxygen atoms in total. The van der Waals surface area contributed by atoms with Gasteiger partial charge in [-0.05, 0) is 18.6 Å². The quantitative estimate of drug-likeness (QED) is 0.682. The third kappa shape index (κ3) is 2.16. The van der Waals surface area contributed by atoms with Gasteiger partial charge in [0.25, 0.3) is 0 Å². The molecule has 22 heavy (non-hydrogen) atoms. The van der Waals surface area contributed by atoms with Gasteiger partial charge >= 0.3 is 5.97 Å². The number of alkyl halides is 1. The molecule has 2 atom stereocenters. The van der Waals surface area contributed by atoms with Gasteiger partial charge in [0.15, 0.2) is 0 Å². The molecule has 1 aromatic heterocycles. The molecule has 2 aromatic rings. The average molecular weight is 321 g/mol. The number of fused-ring (bicyclic) bond motifs is 3. The monoisotopic (exact) mass is 320 g/mol. The number of amides is 1. The Hall–Kier alpha value is -2.01. The van der Waals surface area contributed by atoms with E-state index < -0.39 is 12.0 Å². The van der Waals surface area contributed by atoms with Crippen molar-refractivity contribution < 1.29 is 14.3 Å². The first-order valence-corrected chi connectivity index (χ1v) is 7.66. The molecule has 0 fully saturated rings. The molecule has 0 aliphatic carbocycles. The molecular weight excluding hydrogens is 304 g/mol. The third-order valence-corrected chi connectivity index (χ3v) is 4.52. The Morgan fingerprint density at radius 2 is 2.14 bits per heavy atom. The molecule has 1 aromatic carbocycles. The Morgan fingerprint density at radius 1 is 1.41 bits per heavy atom. The number of methoxy groups -OCH3 is 1. The summed E-state index contributed by atoms with van der Waals surface area (Å²) in [5.74, 6) is -0.844. The van der Waals surface area contributed by atoms with E-state index in [0.717, 1.165) is 22.2 Å². The van der Waals surface area contributed by atoms with Crippen LogP contribution in [0.4, 0.5) is 0 Å². The van der Waals surface area contributed by atoms with Crippen molar-refractivity contribution in [2.75, 3.05) is 13.0 Å². The van der Waals surface area contributed by atoms with Crippen LogP contribution in [-0.4, -0.2) is 40.8 Å². The molecule has 6 heteroatoms.